The van der Waals surface area contributed by atoms with Gasteiger partial charge in [0.2, 0.25) is 10.0 Å². The summed E-state index contributed by atoms with van der Waals surface area (Å²) in [5, 5.41) is 8.72. The SMILES string of the molecule is Cc1ccc(C(=O)NNC(=S)Nc2ccc(Cl)cc2)cc1S(N)(=O)=O. The summed E-state index contributed by atoms with van der Waals surface area (Å²) >= 11 is 10.8. The van der Waals surface area contributed by atoms with Gasteiger partial charge in [0.05, 0.1) is 4.90 Å². The van der Waals surface area contributed by atoms with Crippen LogP contribution < -0.4 is 21.3 Å². The fraction of sp³-hybridized carbons (Fsp3) is 0.0667. The molecule has 2 aromatic rings. The molecule has 0 heterocycles. The number of aryl methyl sites for hydroxylation is 1. The maximum absolute atomic E-state index is 12.1. The minimum atomic E-state index is -3.91. The van der Waals surface area contributed by atoms with E-state index in [-0.39, 0.29) is 15.6 Å². The molecule has 2 rings (SSSR count). The van der Waals surface area contributed by atoms with Crippen LogP contribution in [-0.4, -0.2) is 19.4 Å². The maximum Gasteiger partial charge on any atom is 0.269 e. The fourth-order valence-electron chi connectivity index (χ4n) is 1.93. The van der Waals surface area contributed by atoms with E-state index >= 15 is 0 Å². The molecule has 0 atom stereocenters. The highest BCUT2D eigenvalue weighted by atomic mass is 35.5. The lowest BCUT2D eigenvalue weighted by molar-refractivity contribution is 0.0944. The summed E-state index contributed by atoms with van der Waals surface area (Å²) < 4.78 is 23.0. The number of rotatable bonds is 3. The van der Waals surface area contributed by atoms with Crippen molar-refractivity contribution in [3.8, 4) is 0 Å². The first-order valence-corrected chi connectivity index (χ1v) is 9.26. The van der Waals surface area contributed by atoms with Gasteiger partial charge in [-0.25, -0.2) is 13.6 Å². The number of hydrogen-bond acceptors (Lipinski definition) is 4. The van der Waals surface area contributed by atoms with Gasteiger partial charge in [-0.1, -0.05) is 17.7 Å². The first-order chi connectivity index (χ1) is 11.7. The van der Waals surface area contributed by atoms with Crippen LogP contribution in [0.5, 0.6) is 0 Å². The van der Waals surface area contributed by atoms with E-state index in [1.165, 1.54) is 18.2 Å². The Kier molecular flexibility index (Phi) is 5.96. The van der Waals surface area contributed by atoms with Crippen LogP contribution in [0, 0.1) is 6.92 Å². The molecule has 0 aromatic heterocycles. The van der Waals surface area contributed by atoms with Gasteiger partial charge in [-0.3, -0.25) is 15.6 Å². The molecule has 0 saturated carbocycles. The summed E-state index contributed by atoms with van der Waals surface area (Å²) in [4.78, 5) is 12.0. The van der Waals surface area contributed by atoms with Crippen LogP contribution >= 0.6 is 23.8 Å². The summed E-state index contributed by atoms with van der Waals surface area (Å²) in [6.45, 7) is 1.59. The molecule has 1 amide bonds. The second-order valence-electron chi connectivity index (χ2n) is 5.07. The predicted octanol–water partition coefficient (Wildman–Crippen LogP) is 1.93. The molecule has 7 nitrogen and oxygen atoms in total. The average molecular weight is 399 g/mol. The molecule has 132 valence electrons. The Bertz CT molecular complexity index is 915. The first-order valence-electron chi connectivity index (χ1n) is 6.93. The number of anilines is 1. The number of nitrogens with two attached hydrogens (primary N) is 1. The van der Waals surface area contributed by atoms with Crippen LogP contribution in [0.2, 0.25) is 5.02 Å². The Morgan fingerprint density at radius 2 is 1.76 bits per heavy atom. The first kappa shape index (κ1) is 19.1. The smallest absolute Gasteiger partial charge is 0.269 e. The summed E-state index contributed by atoms with van der Waals surface area (Å²) in [5.41, 5.74) is 6.15. The number of sulfonamides is 1. The van der Waals surface area contributed by atoms with Crippen molar-refractivity contribution >= 4 is 50.5 Å². The Morgan fingerprint density at radius 3 is 2.36 bits per heavy atom. The standard InChI is InChI=1S/C15H15ClN4O3S2/c1-9-2-3-10(8-13(9)25(17,22)23)14(21)19-20-15(24)18-12-6-4-11(16)5-7-12/h2-8H,1H3,(H,19,21)(H2,17,22,23)(H2,18,20,24). The number of thiocarbonyl (C=S) groups is 1. The molecule has 5 N–H and O–H groups in total. The Labute approximate surface area is 155 Å². The van der Waals surface area contributed by atoms with Gasteiger partial charge in [-0.05, 0) is 61.1 Å². The zero-order valence-corrected chi connectivity index (χ0v) is 15.4. The molecule has 0 aliphatic carbocycles. The van der Waals surface area contributed by atoms with E-state index in [4.69, 9.17) is 29.0 Å². The topological polar surface area (TPSA) is 113 Å². The molecule has 0 radical (unpaired) electrons. The van der Waals surface area contributed by atoms with Gasteiger partial charge < -0.3 is 5.32 Å². The van der Waals surface area contributed by atoms with Crippen molar-refractivity contribution in [2.45, 2.75) is 11.8 Å². The summed E-state index contributed by atoms with van der Waals surface area (Å²) in [7, 11) is -3.91. The number of primary sulfonamides is 1. The number of carbonyl (C=O) groups excluding carboxylic acids is 1. The molecular weight excluding hydrogens is 384 g/mol. The number of hydrazine groups is 1. The summed E-state index contributed by atoms with van der Waals surface area (Å²) in [6.07, 6.45) is 0. The van der Waals surface area contributed by atoms with Crippen LogP contribution in [0.4, 0.5) is 5.69 Å². The molecule has 0 fully saturated rings. The van der Waals surface area contributed by atoms with E-state index in [2.05, 4.69) is 16.2 Å². The highest BCUT2D eigenvalue weighted by Crippen LogP contribution is 2.15. The zero-order valence-electron chi connectivity index (χ0n) is 13.0. The number of carbonyl (C=O) groups is 1. The lowest BCUT2D eigenvalue weighted by Crippen LogP contribution is -2.43. The second-order valence-corrected chi connectivity index (χ2v) is 7.44. The summed E-state index contributed by atoms with van der Waals surface area (Å²) in [6, 6.07) is 11.0. The monoisotopic (exact) mass is 398 g/mol. The van der Waals surface area contributed by atoms with Crippen molar-refractivity contribution in [3.05, 3.63) is 58.6 Å². The number of halogens is 1. The largest absolute Gasteiger partial charge is 0.331 e. The molecule has 0 saturated heterocycles. The molecule has 0 spiro atoms. The van der Waals surface area contributed by atoms with Gasteiger partial charge in [0.25, 0.3) is 5.91 Å². The lowest BCUT2D eigenvalue weighted by atomic mass is 10.1. The van der Waals surface area contributed by atoms with E-state index in [0.29, 0.717) is 16.3 Å². The van der Waals surface area contributed by atoms with Crippen molar-refractivity contribution in [2.24, 2.45) is 5.14 Å². The van der Waals surface area contributed by atoms with Crippen LogP contribution in [0.25, 0.3) is 0 Å². The van der Waals surface area contributed by atoms with Gasteiger partial charge in [0, 0.05) is 16.3 Å². The van der Waals surface area contributed by atoms with Crippen LogP contribution in [0.1, 0.15) is 15.9 Å². The van der Waals surface area contributed by atoms with E-state index < -0.39 is 15.9 Å². The van der Waals surface area contributed by atoms with Gasteiger partial charge in [-0.15, -0.1) is 0 Å². The molecule has 0 aliphatic heterocycles. The molecule has 0 unspecified atom stereocenters. The second kappa shape index (κ2) is 7.79. The van der Waals surface area contributed by atoms with Crippen molar-refractivity contribution in [1.82, 2.24) is 10.9 Å². The Balaban J connectivity index is 2.00. The average Bonchev–Trinajstić information content (AvgIpc) is 2.54. The van der Waals surface area contributed by atoms with E-state index in [1.807, 2.05) is 0 Å². The lowest BCUT2D eigenvalue weighted by Gasteiger charge is -2.12. The Morgan fingerprint density at radius 1 is 1.12 bits per heavy atom. The number of amides is 1. The third-order valence-corrected chi connectivity index (χ3v) is 4.66. The predicted molar refractivity (Wildman–Crippen MR) is 101 cm³/mol. The molecule has 0 bridgehead atoms. The highest BCUT2D eigenvalue weighted by molar-refractivity contribution is 7.89. The Hall–Kier alpha value is -2.20. The van der Waals surface area contributed by atoms with E-state index in [0.717, 1.165) is 0 Å². The number of benzene rings is 2. The minimum absolute atomic E-state index is 0.109. The fourth-order valence-corrected chi connectivity index (χ4v) is 3.03. The van der Waals surface area contributed by atoms with Crippen LogP contribution in [0.15, 0.2) is 47.4 Å². The maximum atomic E-state index is 12.1. The molecule has 0 aliphatic rings. The van der Waals surface area contributed by atoms with E-state index in [9.17, 15) is 13.2 Å². The zero-order chi connectivity index (χ0) is 18.6. The minimum Gasteiger partial charge on any atom is -0.331 e. The highest BCUT2D eigenvalue weighted by Gasteiger charge is 2.15. The number of nitrogens with one attached hydrogen (secondary N) is 3. The van der Waals surface area contributed by atoms with Gasteiger partial charge in [0.1, 0.15) is 0 Å². The quantitative estimate of drug-likeness (QED) is 0.464. The van der Waals surface area contributed by atoms with E-state index in [1.54, 1.807) is 31.2 Å². The van der Waals surface area contributed by atoms with Crippen LogP contribution in [0.3, 0.4) is 0 Å². The van der Waals surface area contributed by atoms with Gasteiger partial charge >= 0.3 is 0 Å². The molecule has 10 heteroatoms. The van der Waals surface area contributed by atoms with Crippen molar-refractivity contribution < 1.29 is 13.2 Å². The molecule has 25 heavy (non-hydrogen) atoms. The molecule has 2 aromatic carbocycles. The van der Waals surface area contributed by atoms with Crippen molar-refractivity contribution in [1.29, 1.82) is 0 Å². The van der Waals surface area contributed by atoms with Gasteiger partial charge in [-0.2, -0.15) is 0 Å². The van der Waals surface area contributed by atoms with Gasteiger partial charge in [0.15, 0.2) is 5.11 Å². The van der Waals surface area contributed by atoms with Crippen LogP contribution in [-0.2, 0) is 10.0 Å². The normalized spacial score (nSPS) is 10.8. The van der Waals surface area contributed by atoms with Crippen molar-refractivity contribution in [3.63, 3.8) is 0 Å². The molecular formula is C15H15ClN4O3S2. The number of hydrogen-bond donors (Lipinski definition) is 4. The third-order valence-electron chi connectivity index (χ3n) is 3.15. The van der Waals surface area contributed by atoms with Crippen molar-refractivity contribution in [2.75, 3.05) is 5.32 Å². The third kappa shape index (κ3) is 5.40. The summed E-state index contributed by atoms with van der Waals surface area (Å²) in [5.74, 6) is -0.565.